The van der Waals surface area contributed by atoms with Crippen LogP contribution in [-0.2, 0) is 0 Å². The van der Waals surface area contributed by atoms with E-state index >= 15 is 0 Å². The van der Waals surface area contributed by atoms with Gasteiger partial charge in [0.15, 0.2) is 0 Å². The first-order chi connectivity index (χ1) is 16.6. The van der Waals surface area contributed by atoms with E-state index in [1.807, 2.05) is 6.07 Å². The molecule has 0 spiro atoms. The van der Waals surface area contributed by atoms with Gasteiger partial charge in [-0.2, -0.15) is 10.4 Å². The Balaban J connectivity index is 1.74. The zero-order chi connectivity index (χ0) is 25.3. The lowest BCUT2D eigenvalue weighted by Gasteiger charge is -2.19. The van der Waals surface area contributed by atoms with Crippen molar-refractivity contribution in [2.75, 3.05) is 22.9 Å². The fraction of sp³-hybridized carbons (Fsp3) is 0.192. The normalized spacial score (nSPS) is 11.3. The maximum Gasteiger partial charge on any atom is 0.256 e. The number of amides is 1. The van der Waals surface area contributed by atoms with Crippen LogP contribution in [0.5, 0.6) is 0 Å². The summed E-state index contributed by atoms with van der Waals surface area (Å²) < 4.78 is 15.1. The number of carbonyl (C=O) groups is 1. The molecule has 0 saturated carbocycles. The SMILES string of the molecule is Cc1nn(-c2ccc(C#N)c(NCC(C)(C)O)c2)c2cccc(C(=O)Nc3ccc(F)cc3N)c12. The van der Waals surface area contributed by atoms with Gasteiger partial charge in [0.05, 0.1) is 50.7 Å². The molecule has 0 atom stereocenters. The van der Waals surface area contributed by atoms with E-state index < -0.39 is 17.3 Å². The average molecular weight is 473 g/mol. The lowest BCUT2D eigenvalue weighted by atomic mass is 10.1. The van der Waals surface area contributed by atoms with Crippen LogP contribution >= 0.6 is 0 Å². The monoisotopic (exact) mass is 472 g/mol. The van der Waals surface area contributed by atoms with E-state index in [0.29, 0.717) is 44.8 Å². The fourth-order valence-corrected chi connectivity index (χ4v) is 3.79. The van der Waals surface area contributed by atoms with Crippen molar-refractivity contribution in [1.29, 1.82) is 5.26 Å². The number of hydrogen-bond donors (Lipinski definition) is 4. The second kappa shape index (κ2) is 9.08. The molecule has 5 N–H and O–H groups in total. The fourth-order valence-electron chi connectivity index (χ4n) is 3.79. The van der Waals surface area contributed by atoms with Crippen molar-refractivity contribution >= 4 is 33.9 Å². The number of hydrogen-bond acceptors (Lipinski definition) is 6. The number of fused-ring (bicyclic) bond motifs is 1. The molecule has 0 aliphatic heterocycles. The first-order valence-corrected chi connectivity index (χ1v) is 10.9. The highest BCUT2D eigenvalue weighted by molar-refractivity contribution is 6.14. The van der Waals surface area contributed by atoms with Crippen molar-refractivity contribution in [2.45, 2.75) is 26.4 Å². The van der Waals surface area contributed by atoms with Crippen molar-refractivity contribution in [1.82, 2.24) is 9.78 Å². The van der Waals surface area contributed by atoms with Gasteiger partial charge in [-0.25, -0.2) is 9.07 Å². The maximum absolute atomic E-state index is 13.4. The van der Waals surface area contributed by atoms with E-state index in [2.05, 4.69) is 21.8 Å². The quantitative estimate of drug-likeness (QED) is 0.309. The number of halogens is 1. The Labute approximate surface area is 201 Å². The van der Waals surface area contributed by atoms with Crippen LogP contribution in [0.4, 0.5) is 21.5 Å². The number of aryl methyl sites for hydroxylation is 1. The van der Waals surface area contributed by atoms with Gasteiger partial charge in [-0.15, -0.1) is 0 Å². The Morgan fingerprint density at radius 3 is 2.66 bits per heavy atom. The Kier molecular flexibility index (Phi) is 6.16. The molecule has 0 fully saturated rings. The molecule has 1 aromatic heterocycles. The van der Waals surface area contributed by atoms with Crippen LogP contribution in [0.1, 0.15) is 35.5 Å². The molecule has 1 amide bonds. The number of rotatable bonds is 6. The molecule has 4 rings (SSSR count). The number of nitrogens with zero attached hydrogens (tertiary/aromatic N) is 3. The lowest BCUT2D eigenvalue weighted by molar-refractivity contribution is 0.0944. The third-order valence-electron chi connectivity index (χ3n) is 5.47. The van der Waals surface area contributed by atoms with E-state index in [9.17, 15) is 19.6 Å². The van der Waals surface area contributed by atoms with Crippen LogP contribution in [0.25, 0.3) is 16.6 Å². The first-order valence-electron chi connectivity index (χ1n) is 10.9. The van der Waals surface area contributed by atoms with E-state index in [0.717, 1.165) is 6.07 Å². The van der Waals surface area contributed by atoms with Crippen molar-refractivity contribution in [3.05, 3.63) is 77.2 Å². The van der Waals surface area contributed by atoms with Gasteiger partial charge in [0.25, 0.3) is 5.91 Å². The number of aliphatic hydroxyl groups is 1. The molecule has 3 aromatic carbocycles. The van der Waals surface area contributed by atoms with Gasteiger partial charge in [0.1, 0.15) is 11.9 Å². The lowest BCUT2D eigenvalue weighted by Crippen LogP contribution is -2.29. The van der Waals surface area contributed by atoms with Crippen LogP contribution in [-0.4, -0.2) is 32.9 Å². The minimum atomic E-state index is -0.964. The highest BCUT2D eigenvalue weighted by Gasteiger charge is 2.19. The zero-order valence-electron chi connectivity index (χ0n) is 19.6. The molecule has 1 heterocycles. The third kappa shape index (κ3) is 4.93. The highest BCUT2D eigenvalue weighted by atomic mass is 19.1. The molecule has 0 radical (unpaired) electrons. The number of aromatic nitrogens is 2. The number of carbonyl (C=O) groups excluding carboxylic acids is 1. The molecular weight excluding hydrogens is 447 g/mol. The molecule has 9 heteroatoms. The second-order valence-corrected chi connectivity index (χ2v) is 8.89. The number of nitriles is 1. The van der Waals surface area contributed by atoms with Gasteiger partial charge in [0.2, 0.25) is 0 Å². The molecule has 0 aliphatic rings. The third-order valence-corrected chi connectivity index (χ3v) is 5.47. The summed E-state index contributed by atoms with van der Waals surface area (Å²) in [6.45, 7) is 5.40. The van der Waals surface area contributed by atoms with Gasteiger partial charge in [0, 0.05) is 11.9 Å². The van der Waals surface area contributed by atoms with Crippen LogP contribution < -0.4 is 16.4 Å². The summed E-state index contributed by atoms with van der Waals surface area (Å²) in [6.07, 6.45) is 0. The van der Waals surface area contributed by atoms with E-state index in [4.69, 9.17) is 5.73 Å². The molecule has 0 saturated heterocycles. The smallest absolute Gasteiger partial charge is 0.256 e. The molecule has 0 bridgehead atoms. The minimum Gasteiger partial charge on any atom is -0.397 e. The zero-order valence-corrected chi connectivity index (χ0v) is 19.6. The Hall–Kier alpha value is -4.42. The predicted molar refractivity (Wildman–Crippen MR) is 134 cm³/mol. The van der Waals surface area contributed by atoms with Gasteiger partial charge >= 0.3 is 0 Å². The van der Waals surface area contributed by atoms with Crippen molar-refractivity contribution in [3.63, 3.8) is 0 Å². The summed E-state index contributed by atoms with van der Waals surface area (Å²) >= 11 is 0. The average Bonchev–Trinajstić information content (AvgIpc) is 3.15. The molecule has 4 aromatic rings. The van der Waals surface area contributed by atoms with Gasteiger partial charge in [-0.3, -0.25) is 4.79 Å². The van der Waals surface area contributed by atoms with Crippen LogP contribution in [0.3, 0.4) is 0 Å². The van der Waals surface area contributed by atoms with Crippen LogP contribution in [0, 0.1) is 24.1 Å². The maximum atomic E-state index is 13.4. The van der Waals surface area contributed by atoms with Crippen LogP contribution in [0.2, 0.25) is 0 Å². The predicted octanol–water partition coefficient (Wildman–Crippen LogP) is 4.36. The summed E-state index contributed by atoms with van der Waals surface area (Å²) in [5.41, 5.74) is 8.72. The number of nitrogens with one attached hydrogen (secondary N) is 2. The van der Waals surface area contributed by atoms with Gasteiger partial charge in [-0.1, -0.05) is 6.07 Å². The molecule has 0 aliphatic carbocycles. The second-order valence-electron chi connectivity index (χ2n) is 8.89. The summed E-state index contributed by atoms with van der Waals surface area (Å²) in [5, 5.41) is 30.7. The molecular formula is C26H25FN6O2. The standard InChI is InChI=1S/C26H25FN6O2/c1-15-24-19(25(34)31-21-10-8-17(27)11-20(21)29)5-4-6-23(24)33(32-15)18-9-7-16(13-28)22(12-18)30-14-26(2,3)35/h4-12,30,35H,14,29H2,1-3H3,(H,31,34). The van der Waals surface area contributed by atoms with Gasteiger partial charge in [-0.05, 0) is 69.3 Å². The van der Waals surface area contributed by atoms with Gasteiger partial charge < -0.3 is 21.5 Å². The van der Waals surface area contributed by atoms with E-state index in [1.54, 1.807) is 55.8 Å². The minimum absolute atomic E-state index is 0.126. The number of nitrogen functional groups attached to an aromatic ring is 1. The number of anilines is 3. The van der Waals surface area contributed by atoms with E-state index in [-0.39, 0.29) is 12.2 Å². The number of benzene rings is 3. The van der Waals surface area contributed by atoms with Crippen molar-refractivity contribution in [3.8, 4) is 11.8 Å². The first kappa shape index (κ1) is 23.7. The summed E-state index contributed by atoms with van der Waals surface area (Å²) in [6, 6.07) is 16.4. The Morgan fingerprint density at radius 1 is 1.20 bits per heavy atom. The molecule has 35 heavy (non-hydrogen) atoms. The highest BCUT2D eigenvalue weighted by Crippen LogP contribution is 2.29. The summed E-state index contributed by atoms with van der Waals surface area (Å²) in [4.78, 5) is 13.1. The molecule has 0 unspecified atom stereocenters. The topological polar surface area (TPSA) is 129 Å². The number of nitrogens with two attached hydrogens (primary N) is 1. The van der Waals surface area contributed by atoms with E-state index in [1.165, 1.54) is 12.1 Å². The molecule has 8 nitrogen and oxygen atoms in total. The Morgan fingerprint density at radius 2 is 1.97 bits per heavy atom. The van der Waals surface area contributed by atoms with Crippen LogP contribution in [0.15, 0.2) is 54.6 Å². The summed E-state index contributed by atoms with van der Waals surface area (Å²) in [5.74, 6) is -0.887. The van der Waals surface area contributed by atoms with Crippen molar-refractivity contribution in [2.24, 2.45) is 0 Å². The molecule has 178 valence electrons. The summed E-state index contributed by atoms with van der Waals surface area (Å²) in [7, 11) is 0. The Bertz CT molecular complexity index is 1480. The largest absolute Gasteiger partial charge is 0.397 e. The van der Waals surface area contributed by atoms with Crippen molar-refractivity contribution < 1.29 is 14.3 Å².